The SMILES string of the molecule is CN(c1ncnc2[nH]ccc12)C1C[C@H]2CCCC[C@H]2C1.COc1nsc(CC(=O)N2CC[C@H]3CC(N(C)c4ncnc5[nH]ccc45)C[C@H]3C2)n1.COc1nsc(CC(=O)N2CC[C@H]3CC(N(C)c4ncnc5[nH]ccc45)C[C@H]3C2)n1.COc1nsc(CC(=O)Oc2ccccc2)n1.Cl. The van der Waals surface area contributed by atoms with E-state index in [1.807, 2.05) is 46.6 Å². The van der Waals surface area contributed by atoms with Crippen molar-refractivity contribution in [3.63, 3.8) is 0 Å². The van der Waals surface area contributed by atoms with E-state index < -0.39 is 0 Å². The number of likely N-dealkylation sites (tertiary alicyclic amines) is 2. The fraction of sp³-hybridized carbons (Fsp3) is 0.507. The molecule has 6 fully saturated rings. The lowest BCUT2D eigenvalue weighted by Gasteiger charge is -2.34. The minimum Gasteiger partial charge on any atom is -0.466 e. The van der Waals surface area contributed by atoms with Gasteiger partial charge in [0.05, 0.1) is 56.8 Å². The van der Waals surface area contributed by atoms with Crippen molar-refractivity contribution in [2.24, 2.45) is 35.5 Å². The largest absolute Gasteiger partial charge is 0.466 e. The Labute approximate surface area is 586 Å². The summed E-state index contributed by atoms with van der Waals surface area (Å²) < 4.78 is 32.0. The molecular weight excluding hydrogens is 1330 g/mol. The summed E-state index contributed by atoms with van der Waals surface area (Å²) in [5, 5.41) is 5.25. The zero-order valence-corrected chi connectivity index (χ0v) is 59.1. The van der Waals surface area contributed by atoms with E-state index in [0.29, 0.717) is 87.4 Å². The predicted molar refractivity (Wildman–Crippen MR) is 378 cm³/mol. The number of aromatic amines is 3. The first-order valence-corrected chi connectivity index (χ1v) is 35.6. The molecule has 3 unspecified atom stereocenters. The van der Waals surface area contributed by atoms with Crippen LogP contribution in [0.5, 0.6) is 23.8 Å². The number of halogens is 1. The van der Waals surface area contributed by atoms with Gasteiger partial charge < -0.3 is 58.4 Å². The molecule has 4 aliphatic carbocycles. The zero-order chi connectivity index (χ0) is 66.9. The Morgan fingerprint density at radius 1 is 0.480 bits per heavy atom. The first-order chi connectivity index (χ1) is 47.3. The van der Waals surface area contributed by atoms with Gasteiger partial charge in [0.1, 0.15) is 74.1 Å². The van der Waals surface area contributed by atoms with Crippen molar-refractivity contribution in [1.29, 1.82) is 0 Å². The third-order valence-electron chi connectivity index (χ3n) is 20.4. The quantitative estimate of drug-likeness (QED) is 0.0598. The van der Waals surface area contributed by atoms with Crippen molar-refractivity contribution in [1.82, 2.24) is 82.7 Å². The molecule has 1 aromatic carbocycles. The van der Waals surface area contributed by atoms with Crippen LogP contribution in [0.2, 0.25) is 0 Å². The van der Waals surface area contributed by atoms with Gasteiger partial charge in [0, 0.05) is 84.0 Å². The van der Waals surface area contributed by atoms with Crippen LogP contribution in [0.3, 0.4) is 0 Å². The number of para-hydroxylation sites is 1. The molecule has 518 valence electrons. The smallest absolute Gasteiger partial charge is 0.328 e. The summed E-state index contributed by atoms with van der Waals surface area (Å²) in [5.74, 6) is 7.75. The summed E-state index contributed by atoms with van der Waals surface area (Å²) in [7, 11) is 11.0. The number of rotatable bonds is 16. The van der Waals surface area contributed by atoms with Crippen LogP contribution in [-0.2, 0) is 33.6 Å². The normalized spacial score (nSPS) is 22.2. The Hall–Kier alpha value is -8.74. The number of carbonyl (C=O) groups is 3. The second-order valence-electron chi connectivity index (χ2n) is 26.0. The molecule has 4 saturated carbocycles. The number of nitrogens with one attached hydrogen (secondary N) is 3. The van der Waals surface area contributed by atoms with E-state index in [0.717, 1.165) is 139 Å². The average molecular weight is 1410 g/mol. The van der Waals surface area contributed by atoms with Gasteiger partial charge in [-0.15, -0.1) is 25.5 Å². The summed E-state index contributed by atoms with van der Waals surface area (Å²) in [5.41, 5.74) is 2.68. The predicted octanol–water partition coefficient (Wildman–Crippen LogP) is 9.73. The molecule has 2 saturated heterocycles. The molecule has 31 heteroatoms. The van der Waals surface area contributed by atoms with Gasteiger partial charge in [-0.25, -0.2) is 29.9 Å². The molecule has 0 bridgehead atoms. The molecule has 16 rings (SSSR count). The summed E-state index contributed by atoms with van der Waals surface area (Å²) in [4.78, 5) is 96.7. The van der Waals surface area contributed by atoms with Crippen LogP contribution in [0.25, 0.3) is 33.1 Å². The number of methoxy groups -OCH3 is 3. The van der Waals surface area contributed by atoms with Crippen LogP contribution >= 0.6 is 47.0 Å². The second-order valence-corrected chi connectivity index (χ2v) is 28.5. The van der Waals surface area contributed by atoms with Crippen molar-refractivity contribution in [2.45, 2.75) is 114 Å². The molecule has 0 spiro atoms. The van der Waals surface area contributed by atoms with Crippen LogP contribution in [0.1, 0.15) is 92.1 Å². The summed E-state index contributed by atoms with van der Waals surface area (Å²) in [6.07, 6.45) is 26.4. The molecule has 98 heavy (non-hydrogen) atoms. The summed E-state index contributed by atoms with van der Waals surface area (Å²) in [6, 6.07) is 17.5. The molecule has 3 N–H and O–H groups in total. The highest BCUT2D eigenvalue weighted by Crippen LogP contribution is 2.46. The van der Waals surface area contributed by atoms with Gasteiger partial charge in [-0.3, -0.25) is 14.4 Å². The molecule has 27 nitrogen and oxygen atoms in total. The molecule has 10 aromatic rings. The minimum atomic E-state index is -0.366. The highest BCUT2D eigenvalue weighted by molar-refractivity contribution is 7.06. The number of amides is 2. The fourth-order valence-electron chi connectivity index (χ4n) is 15.4. The number of hydrogen-bond acceptors (Lipinski definition) is 25. The molecule has 0 radical (unpaired) electrons. The first kappa shape index (κ1) is 69.2. The van der Waals surface area contributed by atoms with Gasteiger partial charge in [0.25, 0.3) is 0 Å². The Bertz CT molecular complexity index is 4080. The number of ether oxygens (including phenoxy) is 4. The average Bonchev–Trinajstić information content (AvgIpc) is 1.63. The summed E-state index contributed by atoms with van der Waals surface area (Å²) >= 11 is 3.60. The van der Waals surface area contributed by atoms with Gasteiger partial charge in [-0.1, -0.05) is 43.9 Å². The monoisotopic (exact) mass is 1410 g/mol. The number of piperidine rings is 2. The van der Waals surface area contributed by atoms with Crippen molar-refractivity contribution < 1.29 is 33.3 Å². The van der Waals surface area contributed by atoms with Crippen LogP contribution in [-0.4, -0.2) is 187 Å². The number of anilines is 3. The van der Waals surface area contributed by atoms with E-state index in [9.17, 15) is 14.4 Å². The number of aromatic nitrogens is 15. The topological polar surface area (TPSA) is 306 Å². The van der Waals surface area contributed by atoms with Gasteiger partial charge in [0.2, 0.25) is 11.8 Å². The van der Waals surface area contributed by atoms with E-state index in [-0.39, 0.29) is 42.6 Å². The number of nitrogens with zero attached hydrogens (tertiary/aromatic N) is 17. The Morgan fingerprint density at radius 3 is 1.20 bits per heavy atom. The zero-order valence-electron chi connectivity index (χ0n) is 55.8. The molecule has 2 amide bonds. The number of hydrogen-bond donors (Lipinski definition) is 3. The number of fused-ring (bicyclic) bond motifs is 6. The Morgan fingerprint density at radius 2 is 0.837 bits per heavy atom. The van der Waals surface area contributed by atoms with E-state index >= 15 is 0 Å². The second kappa shape index (κ2) is 31.8. The van der Waals surface area contributed by atoms with E-state index in [1.165, 1.54) is 82.9 Å². The number of carbonyl (C=O) groups excluding carboxylic acids is 3. The first-order valence-electron chi connectivity index (χ1n) is 33.3. The summed E-state index contributed by atoms with van der Waals surface area (Å²) in [6.45, 7) is 3.30. The molecule has 9 aromatic heterocycles. The van der Waals surface area contributed by atoms with Crippen molar-refractivity contribution >= 4 is 115 Å². The maximum absolute atomic E-state index is 12.8. The highest BCUT2D eigenvalue weighted by Gasteiger charge is 2.43. The van der Waals surface area contributed by atoms with Crippen molar-refractivity contribution in [3.8, 4) is 23.8 Å². The lowest BCUT2D eigenvalue weighted by molar-refractivity contribution is -0.134. The number of benzene rings is 1. The van der Waals surface area contributed by atoms with Crippen LogP contribution in [0.4, 0.5) is 17.5 Å². The van der Waals surface area contributed by atoms with Crippen molar-refractivity contribution in [2.75, 3.05) is 83.4 Å². The molecule has 11 heterocycles. The van der Waals surface area contributed by atoms with Gasteiger partial charge in [-0.2, -0.15) is 15.0 Å². The molecular formula is C67H83ClN20O7S3. The van der Waals surface area contributed by atoms with Crippen molar-refractivity contribution in [3.05, 3.63) is 101 Å². The minimum absolute atomic E-state index is 0. The van der Waals surface area contributed by atoms with E-state index in [2.05, 4.69) is 115 Å². The maximum Gasteiger partial charge on any atom is 0.328 e. The third-order valence-corrected chi connectivity index (χ3v) is 22.5. The highest BCUT2D eigenvalue weighted by atomic mass is 35.5. The Kier molecular flexibility index (Phi) is 22.5. The van der Waals surface area contributed by atoms with Gasteiger partial charge in [-0.05, 0) is 152 Å². The standard InChI is InChI=1S/2C20H25N7O2S.C16H22N4.C11H10N2O3S.ClH/c2*1-26(19-15-3-5-21-18(15)22-11-23-19)14-7-12-4-6-27(10-13(12)8-14)17(28)9-16-24-20(29-2)25-30-16;1-20(13-8-11-4-2-3-5-12(11)9-13)16-14-6-7-17-15(14)18-10-19-16;1-15-11-12-9(17-13-11)7-10(14)16-8-5-3-2-4-6-8;/h2*3,5,11-14H,4,6-10H2,1-2H3,(H,21,22,23);6-7,10-13H,2-5,8-9H2,1H3,(H,17,18,19);2-6H,7H2,1H3;1H/t2*12-,13-,14?;11-,12+,13?;;/m00.../s1. The molecule has 9 atom stereocenters. The lowest BCUT2D eigenvalue weighted by Crippen LogP contribution is -2.42. The number of H-pyrrole nitrogens is 3. The van der Waals surface area contributed by atoms with Gasteiger partial charge in [0.15, 0.2) is 0 Å². The van der Waals surface area contributed by atoms with Crippen LogP contribution < -0.4 is 33.6 Å². The van der Waals surface area contributed by atoms with Crippen LogP contribution in [0.15, 0.2) is 86.1 Å². The van der Waals surface area contributed by atoms with Crippen LogP contribution in [0, 0.1) is 35.5 Å². The lowest BCUT2D eigenvalue weighted by atomic mass is 9.82. The van der Waals surface area contributed by atoms with E-state index in [1.54, 1.807) is 43.2 Å². The fourth-order valence-corrected chi connectivity index (χ4v) is 17.2. The van der Waals surface area contributed by atoms with Gasteiger partial charge >= 0.3 is 24.0 Å². The maximum atomic E-state index is 12.8. The number of esters is 1. The van der Waals surface area contributed by atoms with E-state index in [4.69, 9.17) is 18.9 Å². The Balaban J connectivity index is 0.000000127. The molecule has 6 aliphatic rings. The molecule has 2 aliphatic heterocycles. The third kappa shape index (κ3) is 16.0.